The Kier molecular flexibility index (Phi) is 4.51. The Morgan fingerprint density at radius 2 is 1.89 bits per heavy atom. The molecule has 9 heteroatoms. The molecule has 0 spiro atoms. The van der Waals surface area contributed by atoms with Gasteiger partial charge in [0.2, 0.25) is 0 Å². The van der Waals surface area contributed by atoms with Gasteiger partial charge in [0.05, 0.1) is 17.3 Å². The average molecular weight is 312 g/mol. The van der Waals surface area contributed by atoms with Gasteiger partial charge in [0, 0.05) is 6.26 Å². The van der Waals surface area contributed by atoms with Crippen molar-refractivity contribution < 1.29 is 26.7 Å². The molecule has 1 aromatic rings. The number of thiophene rings is 1. The van der Waals surface area contributed by atoms with Gasteiger partial charge in [-0.3, -0.25) is 0 Å². The van der Waals surface area contributed by atoms with Gasteiger partial charge in [-0.25, -0.2) is 21.6 Å². The van der Waals surface area contributed by atoms with E-state index in [1.165, 1.54) is 11.4 Å². The van der Waals surface area contributed by atoms with Crippen molar-refractivity contribution in [3.63, 3.8) is 0 Å². The molecular formula is C9H12O6S3. The van der Waals surface area contributed by atoms with Gasteiger partial charge in [0.15, 0.2) is 9.84 Å². The van der Waals surface area contributed by atoms with Crippen LogP contribution in [0, 0.1) is 0 Å². The minimum atomic E-state index is -3.63. The lowest BCUT2D eigenvalue weighted by Gasteiger charge is -2.03. The molecule has 0 radical (unpaired) electrons. The van der Waals surface area contributed by atoms with E-state index >= 15 is 0 Å². The largest absolute Gasteiger partial charge is 0.477 e. The SMILES string of the molecule is CS(=O)(=O)CCS(=O)(=O)Cc1ccsc1C(=O)O. The second-order valence-corrected chi connectivity index (χ2v) is 9.16. The zero-order valence-corrected chi connectivity index (χ0v) is 11.9. The highest BCUT2D eigenvalue weighted by Crippen LogP contribution is 2.19. The van der Waals surface area contributed by atoms with Crippen molar-refractivity contribution in [2.45, 2.75) is 5.75 Å². The Balaban J connectivity index is 2.83. The van der Waals surface area contributed by atoms with E-state index in [9.17, 15) is 21.6 Å². The third-order valence-electron chi connectivity index (χ3n) is 2.08. The Hall–Kier alpha value is -0.930. The molecule has 1 rings (SSSR count). The number of hydrogen-bond donors (Lipinski definition) is 1. The topological polar surface area (TPSA) is 106 Å². The fourth-order valence-electron chi connectivity index (χ4n) is 1.22. The van der Waals surface area contributed by atoms with Crippen LogP contribution in [0.5, 0.6) is 0 Å². The first-order valence-electron chi connectivity index (χ1n) is 4.78. The van der Waals surface area contributed by atoms with E-state index in [1.54, 1.807) is 0 Å². The quantitative estimate of drug-likeness (QED) is 0.815. The van der Waals surface area contributed by atoms with Crippen LogP contribution in [0.4, 0.5) is 0 Å². The van der Waals surface area contributed by atoms with E-state index < -0.39 is 42.9 Å². The molecule has 0 saturated heterocycles. The molecular weight excluding hydrogens is 300 g/mol. The van der Waals surface area contributed by atoms with Gasteiger partial charge >= 0.3 is 5.97 Å². The van der Waals surface area contributed by atoms with Gasteiger partial charge in [0.25, 0.3) is 0 Å². The molecule has 0 amide bonds. The summed E-state index contributed by atoms with van der Waals surface area (Å²) in [6.45, 7) is 0. The van der Waals surface area contributed by atoms with Crippen LogP contribution in [0.3, 0.4) is 0 Å². The molecule has 6 nitrogen and oxygen atoms in total. The molecule has 0 saturated carbocycles. The van der Waals surface area contributed by atoms with Crippen LogP contribution in [0.25, 0.3) is 0 Å². The minimum absolute atomic E-state index is 0.0297. The minimum Gasteiger partial charge on any atom is -0.477 e. The number of aromatic carboxylic acids is 1. The summed E-state index contributed by atoms with van der Waals surface area (Å²) < 4.78 is 45.1. The van der Waals surface area contributed by atoms with Gasteiger partial charge in [-0.15, -0.1) is 11.3 Å². The molecule has 102 valence electrons. The van der Waals surface area contributed by atoms with Gasteiger partial charge < -0.3 is 5.11 Å². The number of rotatable bonds is 6. The summed E-state index contributed by atoms with van der Waals surface area (Å²) in [6.07, 6.45) is 0.954. The number of carbonyl (C=O) groups is 1. The Morgan fingerprint density at radius 1 is 1.28 bits per heavy atom. The highest BCUT2D eigenvalue weighted by Gasteiger charge is 2.20. The molecule has 0 aliphatic carbocycles. The van der Waals surface area contributed by atoms with E-state index in [0.29, 0.717) is 0 Å². The normalized spacial score (nSPS) is 12.5. The maximum Gasteiger partial charge on any atom is 0.346 e. The summed E-state index contributed by atoms with van der Waals surface area (Å²) in [5.74, 6) is -2.59. The summed E-state index contributed by atoms with van der Waals surface area (Å²) in [5, 5.41) is 10.3. The van der Waals surface area contributed by atoms with E-state index in [-0.39, 0.29) is 10.4 Å². The van der Waals surface area contributed by atoms with Crippen molar-refractivity contribution in [2.24, 2.45) is 0 Å². The van der Waals surface area contributed by atoms with Crippen molar-refractivity contribution in [3.05, 3.63) is 21.9 Å². The fourth-order valence-corrected chi connectivity index (χ4v) is 5.16. The van der Waals surface area contributed by atoms with E-state index in [4.69, 9.17) is 5.11 Å². The van der Waals surface area contributed by atoms with Crippen LogP contribution in [0.1, 0.15) is 15.2 Å². The summed E-state index contributed by atoms with van der Waals surface area (Å²) in [5.41, 5.74) is 0.195. The smallest absolute Gasteiger partial charge is 0.346 e. The molecule has 0 unspecified atom stereocenters. The summed E-state index contributed by atoms with van der Waals surface area (Å²) in [6, 6.07) is 1.42. The Bertz CT molecular complexity index is 638. The monoisotopic (exact) mass is 312 g/mol. The standard InChI is InChI=1S/C9H12O6S3/c1-17(12,13)4-5-18(14,15)6-7-2-3-16-8(7)9(10)11/h2-3H,4-6H2,1H3,(H,10,11). The summed E-state index contributed by atoms with van der Waals surface area (Å²) in [7, 11) is -6.99. The second kappa shape index (κ2) is 5.37. The maximum atomic E-state index is 11.7. The first-order valence-corrected chi connectivity index (χ1v) is 9.55. The van der Waals surface area contributed by atoms with E-state index in [2.05, 4.69) is 0 Å². The van der Waals surface area contributed by atoms with Crippen LogP contribution in [-0.2, 0) is 25.4 Å². The Labute approximate surface area is 109 Å². The van der Waals surface area contributed by atoms with Gasteiger partial charge in [0.1, 0.15) is 14.7 Å². The van der Waals surface area contributed by atoms with Crippen molar-refractivity contribution in [2.75, 3.05) is 17.8 Å². The van der Waals surface area contributed by atoms with Gasteiger partial charge in [-0.1, -0.05) is 0 Å². The van der Waals surface area contributed by atoms with Gasteiger partial charge in [-0.2, -0.15) is 0 Å². The number of carboxylic acid groups (broad SMARTS) is 1. The van der Waals surface area contributed by atoms with Crippen molar-refractivity contribution in [1.29, 1.82) is 0 Å². The zero-order chi connectivity index (χ0) is 14.0. The summed E-state index contributed by atoms with van der Waals surface area (Å²) >= 11 is 0.940. The van der Waals surface area contributed by atoms with Crippen LogP contribution in [0.15, 0.2) is 11.4 Å². The van der Waals surface area contributed by atoms with Crippen molar-refractivity contribution >= 4 is 37.0 Å². The first kappa shape index (κ1) is 15.1. The summed E-state index contributed by atoms with van der Waals surface area (Å²) in [4.78, 5) is 10.8. The predicted molar refractivity (Wildman–Crippen MR) is 68.5 cm³/mol. The number of carboxylic acids is 1. The van der Waals surface area contributed by atoms with Crippen molar-refractivity contribution in [3.8, 4) is 0 Å². The molecule has 0 aliphatic rings. The lowest BCUT2D eigenvalue weighted by Crippen LogP contribution is -2.18. The number of hydrogen-bond acceptors (Lipinski definition) is 6. The maximum absolute atomic E-state index is 11.7. The number of sulfone groups is 2. The van der Waals surface area contributed by atoms with Crippen LogP contribution in [0.2, 0.25) is 0 Å². The van der Waals surface area contributed by atoms with E-state index in [1.807, 2.05) is 0 Å². The third kappa shape index (κ3) is 4.75. The average Bonchev–Trinajstić information content (AvgIpc) is 2.61. The zero-order valence-electron chi connectivity index (χ0n) is 9.49. The van der Waals surface area contributed by atoms with Crippen LogP contribution in [-0.4, -0.2) is 45.7 Å². The van der Waals surface area contributed by atoms with Crippen molar-refractivity contribution in [1.82, 2.24) is 0 Å². The molecule has 1 N–H and O–H groups in total. The van der Waals surface area contributed by atoms with Crippen LogP contribution >= 0.6 is 11.3 Å². The molecule has 0 bridgehead atoms. The molecule has 1 aromatic heterocycles. The Morgan fingerprint density at radius 3 is 2.39 bits per heavy atom. The molecule has 0 aliphatic heterocycles. The van der Waals surface area contributed by atoms with Crippen LogP contribution < -0.4 is 0 Å². The highest BCUT2D eigenvalue weighted by molar-refractivity contribution is 7.94. The molecule has 0 fully saturated rings. The first-order chi connectivity index (χ1) is 8.11. The molecule has 0 aromatic carbocycles. The molecule has 18 heavy (non-hydrogen) atoms. The lowest BCUT2D eigenvalue weighted by molar-refractivity contribution is 0.0701. The molecule has 1 heterocycles. The second-order valence-electron chi connectivity index (χ2n) is 3.80. The lowest BCUT2D eigenvalue weighted by atomic mass is 10.3. The fraction of sp³-hybridized carbons (Fsp3) is 0.444. The highest BCUT2D eigenvalue weighted by atomic mass is 32.2. The molecule has 0 atom stereocenters. The predicted octanol–water partition coefficient (Wildman–Crippen LogP) is 0.406. The van der Waals surface area contributed by atoms with E-state index in [0.717, 1.165) is 17.6 Å². The van der Waals surface area contributed by atoms with Gasteiger partial charge in [-0.05, 0) is 17.0 Å². The third-order valence-corrected chi connectivity index (χ3v) is 5.81.